The summed E-state index contributed by atoms with van der Waals surface area (Å²) in [6, 6.07) is 18.3. The van der Waals surface area contributed by atoms with Crippen molar-refractivity contribution in [1.82, 2.24) is 20.2 Å². The van der Waals surface area contributed by atoms with E-state index >= 15 is 0 Å². The molecule has 0 bridgehead atoms. The van der Waals surface area contributed by atoms with Crippen LogP contribution in [-0.2, 0) is 4.79 Å². The SMILES string of the molecule is CC(=O)NCCNc1ncc(C(=O)N2CCC(C)CC2)c(-c2ccc(-c3ccccc3)cc2)n1. The van der Waals surface area contributed by atoms with Gasteiger partial charge in [-0.15, -0.1) is 0 Å². The molecule has 1 aromatic heterocycles. The minimum Gasteiger partial charge on any atom is -0.355 e. The first-order valence-corrected chi connectivity index (χ1v) is 11.8. The van der Waals surface area contributed by atoms with Crippen molar-refractivity contribution in [2.24, 2.45) is 5.92 Å². The maximum atomic E-state index is 13.4. The first-order valence-electron chi connectivity index (χ1n) is 11.8. The van der Waals surface area contributed by atoms with Gasteiger partial charge < -0.3 is 15.5 Å². The van der Waals surface area contributed by atoms with Gasteiger partial charge in [-0.1, -0.05) is 61.5 Å². The van der Waals surface area contributed by atoms with Crippen LogP contribution in [0.4, 0.5) is 5.95 Å². The molecule has 4 rings (SSSR count). The molecule has 1 aliphatic heterocycles. The zero-order valence-electron chi connectivity index (χ0n) is 19.8. The Hall–Kier alpha value is -3.74. The summed E-state index contributed by atoms with van der Waals surface area (Å²) < 4.78 is 0. The third-order valence-corrected chi connectivity index (χ3v) is 6.14. The van der Waals surface area contributed by atoms with E-state index in [1.54, 1.807) is 6.20 Å². The van der Waals surface area contributed by atoms with E-state index < -0.39 is 0 Å². The lowest BCUT2D eigenvalue weighted by atomic mass is 9.97. The zero-order chi connectivity index (χ0) is 23.9. The molecule has 0 unspecified atom stereocenters. The van der Waals surface area contributed by atoms with Gasteiger partial charge in [0.1, 0.15) is 0 Å². The van der Waals surface area contributed by atoms with E-state index in [-0.39, 0.29) is 11.8 Å². The molecule has 2 aromatic carbocycles. The van der Waals surface area contributed by atoms with Crippen LogP contribution in [0, 0.1) is 5.92 Å². The summed E-state index contributed by atoms with van der Waals surface area (Å²) in [6.45, 7) is 6.17. The molecule has 34 heavy (non-hydrogen) atoms. The summed E-state index contributed by atoms with van der Waals surface area (Å²) >= 11 is 0. The maximum absolute atomic E-state index is 13.4. The third-order valence-electron chi connectivity index (χ3n) is 6.14. The number of likely N-dealkylation sites (tertiary alicyclic amines) is 1. The van der Waals surface area contributed by atoms with Gasteiger partial charge >= 0.3 is 0 Å². The summed E-state index contributed by atoms with van der Waals surface area (Å²) in [6.07, 6.45) is 3.64. The highest BCUT2D eigenvalue weighted by molar-refractivity contribution is 6.00. The molecule has 0 atom stereocenters. The fraction of sp³-hybridized carbons (Fsp3) is 0.333. The lowest BCUT2D eigenvalue weighted by molar-refractivity contribution is -0.118. The molecule has 176 valence electrons. The molecule has 0 saturated carbocycles. The molecule has 7 heteroatoms. The number of rotatable bonds is 7. The van der Waals surface area contributed by atoms with Gasteiger partial charge in [0.25, 0.3) is 5.91 Å². The highest BCUT2D eigenvalue weighted by Gasteiger charge is 2.25. The molecule has 0 spiro atoms. The second-order valence-corrected chi connectivity index (χ2v) is 8.78. The van der Waals surface area contributed by atoms with Crippen molar-refractivity contribution in [2.45, 2.75) is 26.7 Å². The van der Waals surface area contributed by atoms with Crippen LogP contribution in [0.25, 0.3) is 22.4 Å². The molecule has 2 amide bonds. The first-order chi connectivity index (χ1) is 16.5. The molecule has 2 N–H and O–H groups in total. The van der Waals surface area contributed by atoms with Gasteiger partial charge in [0.15, 0.2) is 0 Å². The zero-order valence-corrected chi connectivity index (χ0v) is 19.8. The van der Waals surface area contributed by atoms with E-state index in [0.717, 1.165) is 42.6 Å². The van der Waals surface area contributed by atoms with Gasteiger partial charge in [-0.05, 0) is 29.9 Å². The van der Waals surface area contributed by atoms with Crippen LogP contribution in [0.5, 0.6) is 0 Å². The minimum absolute atomic E-state index is 0.0289. The van der Waals surface area contributed by atoms with Crippen molar-refractivity contribution in [3.63, 3.8) is 0 Å². The van der Waals surface area contributed by atoms with Crippen molar-refractivity contribution in [3.05, 3.63) is 66.4 Å². The van der Waals surface area contributed by atoms with Crippen LogP contribution in [0.3, 0.4) is 0 Å². The van der Waals surface area contributed by atoms with Gasteiger partial charge in [0.2, 0.25) is 11.9 Å². The molecule has 0 aliphatic carbocycles. The van der Waals surface area contributed by atoms with Crippen LogP contribution < -0.4 is 10.6 Å². The quantitative estimate of drug-likeness (QED) is 0.519. The van der Waals surface area contributed by atoms with Crippen molar-refractivity contribution in [3.8, 4) is 22.4 Å². The highest BCUT2D eigenvalue weighted by atomic mass is 16.2. The standard InChI is InChI=1S/C27H31N5O2/c1-19-12-16-32(17-13-19)26(34)24-18-30-27(29-15-14-28-20(2)33)31-25(24)23-10-8-22(9-11-23)21-6-4-3-5-7-21/h3-11,18-19H,12-17H2,1-2H3,(H,28,33)(H,29,30,31). The molecular weight excluding hydrogens is 426 g/mol. The topological polar surface area (TPSA) is 87.2 Å². The number of hydrogen-bond donors (Lipinski definition) is 2. The Bertz CT molecular complexity index is 1120. The minimum atomic E-state index is -0.0845. The van der Waals surface area contributed by atoms with E-state index in [9.17, 15) is 9.59 Å². The summed E-state index contributed by atoms with van der Waals surface area (Å²) in [5, 5.41) is 5.88. The number of aromatic nitrogens is 2. The first kappa shape index (κ1) is 23.4. The summed E-state index contributed by atoms with van der Waals surface area (Å²) in [5.41, 5.74) is 4.22. The summed E-state index contributed by atoms with van der Waals surface area (Å²) in [4.78, 5) is 35.5. The predicted octanol–water partition coefficient (Wildman–Crippen LogP) is 4.23. The van der Waals surface area contributed by atoms with Crippen molar-refractivity contribution >= 4 is 17.8 Å². The second-order valence-electron chi connectivity index (χ2n) is 8.78. The predicted molar refractivity (Wildman–Crippen MR) is 134 cm³/mol. The second kappa shape index (κ2) is 10.9. The Labute approximate surface area is 200 Å². The number of amides is 2. The third kappa shape index (κ3) is 5.78. The van der Waals surface area contributed by atoms with Crippen molar-refractivity contribution < 1.29 is 9.59 Å². The monoisotopic (exact) mass is 457 g/mol. The largest absolute Gasteiger partial charge is 0.355 e. The lowest BCUT2D eigenvalue weighted by Gasteiger charge is -2.30. The maximum Gasteiger partial charge on any atom is 0.257 e. The Balaban J connectivity index is 1.62. The van der Waals surface area contributed by atoms with Crippen LogP contribution in [0.15, 0.2) is 60.8 Å². The number of carbonyl (C=O) groups excluding carboxylic acids is 2. The van der Waals surface area contributed by atoms with Crippen molar-refractivity contribution in [2.75, 3.05) is 31.5 Å². The van der Waals surface area contributed by atoms with E-state index in [2.05, 4.69) is 34.7 Å². The van der Waals surface area contributed by atoms with Gasteiger partial charge in [0.05, 0.1) is 11.3 Å². The number of anilines is 1. The van der Waals surface area contributed by atoms with E-state index in [0.29, 0.717) is 36.2 Å². The summed E-state index contributed by atoms with van der Waals surface area (Å²) in [7, 11) is 0. The number of hydrogen-bond acceptors (Lipinski definition) is 5. The Kier molecular flexibility index (Phi) is 7.52. The molecule has 7 nitrogen and oxygen atoms in total. The van der Waals surface area contributed by atoms with Gasteiger partial charge in [-0.25, -0.2) is 9.97 Å². The molecule has 1 fully saturated rings. The Morgan fingerprint density at radius 1 is 0.941 bits per heavy atom. The van der Waals surface area contributed by atoms with Crippen molar-refractivity contribution in [1.29, 1.82) is 0 Å². The van der Waals surface area contributed by atoms with Gasteiger partial charge in [-0.3, -0.25) is 9.59 Å². The average Bonchev–Trinajstić information content (AvgIpc) is 2.87. The van der Waals surface area contributed by atoms with Crippen LogP contribution in [0.2, 0.25) is 0 Å². The van der Waals surface area contributed by atoms with Crippen LogP contribution in [0.1, 0.15) is 37.0 Å². The normalized spacial score (nSPS) is 14.0. The van der Waals surface area contributed by atoms with E-state index in [4.69, 9.17) is 4.98 Å². The molecule has 2 heterocycles. The molecular formula is C27H31N5O2. The molecule has 0 radical (unpaired) electrons. The van der Waals surface area contributed by atoms with Crippen LogP contribution in [-0.4, -0.2) is 52.9 Å². The number of piperidine rings is 1. The van der Waals surface area contributed by atoms with E-state index in [1.807, 2.05) is 47.4 Å². The molecule has 3 aromatic rings. The molecule has 1 aliphatic rings. The fourth-order valence-electron chi connectivity index (χ4n) is 4.09. The van der Waals surface area contributed by atoms with Gasteiger partial charge in [0, 0.05) is 44.9 Å². The Morgan fingerprint density at radius 2 is 1.59 bits per heavy atom. The lowest BCUT2D eigenvalue weighted by Crippen LogP contribution is -2.38. The fourth-order valence-corrected chi connectivity index (χ4v) is 4.09. The molecule has 1 saturated heterocycles. The van der Waals surface area contributed by atoms with Gasteiger partial charge in [-0.2, -0.15) is 0 Å². The number of carbonyl (C=O) groups is 2. The average molecular weight is 458 g/mol. The number of benzene rings is 2. The van der Waals surface area contributed by atoms with Crippen LogP contribution >= 0.6 is 0 Å². The smallest absolute Gasteiger partial charge is 0.257 e. The Morgan fingerprint density at radius 3 is 2.26 bits per heavy atom. The number of nitrogens with one attached hydrogen (secondary N) is 2. The van der Waals surface area contributed by atoms with E-state index in [1.165, 1.54) is 6.92 Å². The summed E-state index contributed by atoms with van der Waals surface area (Å²) in [5.74, 6) is 0.953. The number of nitrogens with zero attached hydrogens (tertiary/aromatic N) is 3. The highest BCUT2D eigenvalue weighted by Crippen LogP contribution is 2.28.